The summed E-state index contributed by atoms with van der Waals surface area (Å²) in [7, 11) is 1.73. The number of methoxy groups -OCH3 is 1. The number of nitrogens with two attached hydrogens (primary N) is 3. The van der Waals surface area contributed by atoms with Crippen LogP contribution in [0, 0.1) is 5.92 Å². The summed E-state index contributed by atoms with van der Waals surface area (Å²) < 4.78 is 4.98. The lowest BCUT2D eigenvalue weighted by Gasteiger charge is -2.15. The van der Waals surface area contributed by atoms with Gasteiger partial charge in [0.25, 0.3) is 0 Å². The number of ether oxygens (including phenoxy) is 1. The number of amides is 2. The molecular formula is C29H48N4O3. The maximum atomic E-state index is 10.6. The first-order valence-corrected chi connectivity index (χ1v) is 13.0. The molecule has 3 rings (SSSR count). The molecule has 2 aromatic rings. The molecule has 1 fully saturated rings. The van der Waals surface area contributed by atoms with Crippen molar-refractivity contribution in [3.05, 3.63) is 65.2 Å². The first kappa shape index (κ1) is 33.1. The van der Waals surface area contributed by atoms with Crippen LogP contribution in [0.25, 0.3) is 0 Å². The molecule has 0 aliphatic heterocycles. The molecule has 0 spiro atoms. The number of aryl methyl sites for hydroxylation is 1. The molecule has 202 valence electrons. The molecule has 0 aromatic heterocycles. The second-order valence-corrected chi connectivity index (χ2v) is 8.83. The van der Waals surface area contributed by atoms with Crippen molar-refractivity contribution in [3.63, 3.8) is 0 Å². The predicted molar refractivity (Wildman–Crippen MR) is 151 cm³/mol. The quantitative estimate of drug-likeness (QED) is 0.222. The largest absolute Gasteiger partial charge is 0.399 e. The Labute approximate surface area is 218 Å². The molecule has 2 amide bonds. The number of anilines is 1. The first-order valence-electron chi connectivity index (χ1n) is 13.0. The van der Waals surface area contributed by atoms with E-state index in [1.807, 2.05) is 25.1 Å². The minimum atomic E-state index is -0.409. The number of unbranched alkanes of at least 4 members (excludes halogenated alkanes) is 1. The van der Waals surface area contributed by atoms with Gasteiger partial charge >= 0.3 is 0 Å². The maximum Gasteiger partial charge on any atom is 0.248 e. The average molecular weight is 501 g/mol. The highest BCUT2D eigenvalue weighted by atomic mass is 16.5. The lowest BCUT2D eigenvalue weighted by molar-refractivity contribution is -0.109. The van der Waals surface area contributed by atoms with Gasteiger partial charge < -0.3 is 27.3 Å². The summed E-state index contributed by atoms with van der Waals surface area (Å²) in [5.74, 6) is 0.627. The van der Waals surface area contributed by atoms with Gasteiger partial charge in [-0.1, -0.05) is 69.4 Å². The second-order valence-electron chi connectivity index (χ2n) is 8.83. The van der Waals surface area contributed by atoms with Crippen LogP contribution in [-0.2, 0) is 22.5 Å². The van der Waals surface area contributed by atoms with Gasteiger partial charge in [0, 0.05) is 38.1 Å². The zero-order valence-electron chi connectivity index (χ0n) is 22.5. The summed E-state index contributed by atoms with van der Waals surface area (Å²) in [5.41, 5.74) is 19.9. The maximum absolute atomic E-state index is 10.6. The van der Waals surface area contributed by atoms with Crippen LogP contribution in [0.2, 0.25) is 0 Å². The van der Waals surface area contributed by atoms with E-state index in [0.29, 0.717) is 18.5 Å². The van der Waals surface area contributed by atoms with E-state index in [2.05, 4.69) is 18.3 Å². The number of rotatable bonds is 9. The number of hydrogen-bond donors (Lipinski definition) is 4. The Morgan fingerprint density at radius 3 is 2.11 bits per heavy atom. The summed E-state index contributed by atoms with van der Waals surface area (Å²) in [6.07, 6.45) is 11.4. The Balaban J connectivity index is 0.000000481. The Kier molecular flexibility index (Phi) is 20.7. The average Bonchev–Trinajstić information content (AvgIpc) is 2.90. The molecule has 0 bridgehead atoms. The van der Waals surface area contributed by atoms with Crippen LogP contribution in [0.15, 0.2) is 48.5 Å². The lowest BCUT2D eigenvalue weighted by atomic mass is 9.91. The van der Waals surface area contributed by atoms with Gasteiger partial charge in [-0.25, -0.2) is 0 Å². The number of carbonyl (C=O) groups excluding carboxylic acids is 2. The van der Waals surface area contributed by atoms with Crippen LogP contribution in [0.4, 0.5) is 5.69 Å². The predicted octanol–water partition coefficient (Wildman–Crippen LogP) is 4.82. The van der Waals surface area contributed by atoms with Gasteiger partial charge in [-0.05, 0) is 61.4 Å². The highest BCUT2D eigenvalue weighted by Gasteiger charge is 2.06. The van der Waals surface area contributed by atoms with Gasteiger partial charge in [0.15, 0.2) is 0 Å². The number of hydrogen-bond acceptors (Lipinski definition) is 5. The number of primary amides is 1. The van der Waals surface area contributed by atoms with E-state index in [1.165, 1.54) is 37.7 Å². The number of para-hydroxylation sites is 1. The fourth-order valence-corrected chi connectivity index (χ4v) is 3.52. The highest BCUT2D eigenvalue weighted by Crippen LogP contribution is 2.22. The zero-order chi connectivity index (χ0) is 27.0. The third-order valence-corrected chi connectivity index (χ3v) is 5.76. The molecule has 2 aromatic carbocycles. The lowest BCUT2D eigenvalue weighted by Crippen LogP contribution is -2.10. The molecule has 0 radical (unpaired) electrons. The van der Waals surface area contributed by atoms with Crippen molar-refractivity contribution in [1.29, 1.82) is 0 Å². The van der Waals surface area contributed by atoms with Crippen LogP contribution in [0.5, 0.6) is 0 Å². The molecule has 1 aliphatic carbocycles. The van der Waals surface area contributed by atoms with E-state index in [9.17, 15) is 9.59 Å². The van der Waals surface area contributed by atoms with Crippen molar-refractivity contribution >= 4 is 18.0 Å². The van der Waals surface area contributed by atoms with Gasteiger partial charge in [-0.3, -0.25) is 9.59 Å². The summed E-state index contributed by atoms with van der Waals surface area (Å²) >= 11 is 0. The summed E-state index contributed by atoms with van der Waals surface area (Å²) in [4.78, 5) is 19.9. The van der Waals surface area contributed by atoms with Gasteiger partial charge in [-0.2, -0.15) is 0 Å². The third kappa shape index (κ3) is 17.5. The second kappa shape index (κ2) is 22.6. The number of nitrogens with one attached hydrogen (secondary N) is 1. The highest BCUT2D eigenvalue weighted by molar-refractivity contribution is 5.92. The van der Waals surface area contributed by atoms with E-state index in [0.717, 1.165) is 49.6 Å². The monoisotopic (exact) mass is 500 g/mol. The Hall–Kier alpha value is -2.90. The van der Waals surface area contributed by atoms with Crippen molar-refractivity contribution in [2.24, 2.45) is 17.4 Å². The molecule has 7 N–H and O–H groups in total. The Bertz CT molecular complexity index is 806. The van der Waals surface area contributed by atoms with Crippen LogP contribution in [0.1, 0.15) is 80.3 Å². The number of nitrogen functional groups attached to an aromatic ring is 1. The Morgan fingerprint density at radius 1 is 1.06 bits per heavy atom. The molecular weight excluding hydrogens is 452 g/mol. The standard InChI is InChI=1S/C11H17NO.C8H10N2O.C7H14.C3H7NO/c1-13-9-5-4-7-10-6-2-3-8-11(10)12;9-5-6-1-3-7(4-2-6)8(10)11;1-7-5-3-2-4-6-7;1-2-4-3-5/h2-3,6,8H,4-5,7,9,12H2,1H3;1-4H,5,9H2,(H2,10,11);7H,2-6H2,1H3;3H,2H2,1H3,(H,4,5). The molecule has 36 heavy (non-hydrogen) atoms. The van der Waals surface area contributed by atoms with Gasteiger partial charge in [-0.15, -0.1) is 0 Å². The van der Waals surface area contributed by atoms with Gasteiger partial charge in [0.2, 0.25) is 12.3 Å². The molecule has 7 heteroatoms. The molecule has 0 saturated heterocycles. The van der Waals surface area contributed by atoms with Gasteiger partial charge in [0.1, 0.15) is 0 Å². The van der Waals surface area contributed by atoms with E-state index in [-0.39, 0.29) is 0 Å². The van der Waals surface area contributed by atoms with Crippen LogP contribution in [0.3, 0.4) is 0 Å². The molecule has 0 atom stereocenters. The molecule has 7 nitrogen and oxygen atoms in total. The molecule has 0 unspecified atom stereocenters. The van der Waals surface area contributed by atoms with E-state index in [4.69, 9.17) is 21.9 Å². The van der Waals surface area contributed by atoms with Crippen molar-refractivity contribution < 1.29 is 14.3 Å². The molecule has 0 heterocycles. The zero-order valence-corrected chi connectivity index (χ0v) is 22.5. The SMILES string of the molecule is CC1CCCCC1.CCNC=O.COCCCCc1ccccc1N.NCc1ccc(C(N)=O)cc1. The van der Waals surface area contributed by atoms with Crippen LogP contribution >= 0.6 is 0 Å². The molecule has 1 aliphatic rings. The van der Waals surface area contributed by atoms with E-state index >= 15 is 0 Å². The van der Waals surface area contributed by atoms with Gasteiger partial charge in [0.05, 0.1) is 0 Å². The molecule has 1 saturated carbocycles. The fraction of sp³-hybridized carbons (Fsp3) is 0.517. The third-order valence-electron chi connectivity index (χ3n) is 5.76. The minimum absolute atomic E-state index is 0.409. The van der Waals surface area contributed by atoms with Crippen molar-refractivity contribution in [3.8, 4) is 0 Å². The fourth-order valence-electron chi connectivity index (χ4n) is 3.52. The smallest absolute Gasteiger partial charge is 0.248 e. The van der Waals surface area contributed by atoms with Crippen molar-refractivity contribution in [1.82, 2.24) is 5.32 Å². The topological polar surface area (TPSA) is 133 Å². The number of carbonyl (C=O) groups is 2. The van der Waals surface area contributed by atoms with Crippen molar-refractivity contribution in [2.75, 3.05) is 26.0 Å². The summed E-state index contributed by atoms with van der Waals surface area (Å²) in [6, 6.07) is 15.0. The van der Waals surface area contributed by atoms with Crippen LogP contribution in [-0.4, -0.2) is 32.6 Å². The number of benzene rings is 2. The van der Waals surface area contributed by atoms with E-state index < -0.39 is 5.91 Å². The van der Waals surface area contributed by atoms with Crippen LogP contribution < -0.4 is 22.5 Å². The first-order chi connectivity index (χ1) is 17.4. The Morgan fingerprint density at radius 2 is 1.69 bits per heavy atom. The van der Waals surface area contributed by atoms with E-state index in [1.54, 1.807) is 31.4 Å². The summed E-state index contributed by atoms with van der Waals surface area (Å²) in [6.45, 7) is 6.28. The van der Waals surface area contributed by atoms with Crippen molar-refractivity contribution in [2.45, 2.75) is 71.8 Å². The summed E-state index contributed by atoms with van der Waals surface area (Å²) in [5, 5.41) is 2.43. The normalized spacial score (nSPS) is 12.4. The minimum Gasteiger partial charge on any atom is -0.399 e.